The van der Waals surface area contributed by atoms with Crippen molar-refractivity contribution < 1.29 is 19.4 Å². The average molecular weight is 343 g/mol. The molecular weight excluding hydrogens is 304 g/mol. The second-order valence-corrected chi connectivity index (χ2v) is 7.29. The maximum absolute atomic E-state index is 12.1. The molecule has 0 aliphatic carbocycles. The highest BCUT2D eigenvalue weighted by atomic mass is 16.5. The predicted octanol–water partition coefficient (Wildman–Crippen LogP) is 5.59. The average Bonchev–Trinajstić information content (AvgIpc) is 2.52. The Morgan fingerprint density at radius 2 is 1.50 bits per heavy atom. The highest BCUT2D eigenvalue weighted by molar-refractivity contribution is 5.73. The first-order chi connectivity index (χ1) is 11.4. The quantitative estimate of drug-likeness (QED) is 0.311. The van der Waals surface area contributed by atoms with Crippen molar-refractivity contribution in [1.82, 2.24) is 0 Å². The lowest BCUT2D eigenvalue weighted by molar-refractivity contribution is -0.150. The van der Waals surface area contributed by atoms with Gasteiger partial charge >= 0.3 is 11.9 Å². The van der Waals surface area contributed by atoms with Crippen LogP contribution < -0.4 is 0 Å². The van der Waals surface area contributed by atoms with E-state index in [1.54, 1.807) is 0 Å². The van der Waals surface area contributed by atoms with E-state index in [2.05, 4.69) is 20.8 Å². The van der Waals surface area contributed by atoms with Crippen molar-refractivity contribution in [1.29, 1.82) is 0 Å². The zero-order valence-electron chi connectivity index (χ0n) is 16.2. The molecule has 0 aromatic heterocycles. The summed E-state index contributed by atoms with van der Waals surface area (Å²) in [6.07, 6.45) is 9.53. The molecule has 4 heteroatoms. The summed E-state index contributed by atoms with van der Waals surface area (Å²) in [5.74, 6) is -0.751. The third kappa shape index (κ3) is 12.4. The van der Waals surface area contributed by atoms with Crippen LogP contribution in [0.5, 0.6) is 0 Å². The van der Waals surface area contributed by atoms with Gasteiger partial charge in [0.15, 0.2) is 0 Å². The molecule has 2 atom stereocenters. The lowest BCUT2D eigenvalue weighted by Crippen LogP contribution is -2.20. The molecule has 0 radical (unpaired) electrons. The molecule has 0 bridgehead atoms. The monoisotopic (exact) mass is 342 g/mol. The Bertz CT molecular complexity index is 339. The Morgan fingerprint density at radius 3 is 2.04 bits per heavy atom. The van der Waals surface area contributed by atoms with Crippen LogP contribution in [0.4, 0.5) is 0 Å². The van der Waals surface area contributed by atoms with Gasteiger partial charge < -0.3 is 9.84 Å². The van der Waals surface area contributed by atoms with Crippen LogP contribution in [0.25, 0.3) is 0 Å². The molecule has 0 aliphatic rings. The van der Waals surface area contributed by atoms with E-state index >= 15 is 0 Å². The van der Waals surface area contributed by atoms with Gasteiger partial charge in [-0.2, -0.15) is 0 Å². The Kier molecular flexibility index (Phi) is 13.7. The molecule has 2 unspecified atom stereocenters. The van der Waals surface area contributed by atoms with E-state index in [0.717, 1.165) is 38.5 Å². The smallest absolute Gasteiger partial charge is 0.306 e. The Hall–Kier alpha value is -1.06. The molecule has 1 N–H and O–H groups in total. The van der Waals surface area contributed by atoms with Crippen LogP contribution in [0.15, 0.2) is 0 Å². The van der Waals surface area contributed by atoms with E-state index in [-0.39, 0.29) is 18.5 Å². The lowest BCUT2D eigenvalue weighted by atomic mass is 9.98. The van der Waals surface area contributed by atoms with Gasteiger partial charge in [-0.3, -0.25) is 9.59 Å². The Balaban J connectivity index is 4.23. The minimum Gasteiger partial charge on any atom is -0.481 e. The molecule has 0 fully saturated rings. The second kappa shape index (κ2) is 14.3. The highest BCUT2D eigenvalue weighted by Gasteiger charge is 2.20. The fourth-order valence-electron chi connectivity index (χ4n) is 2.90. The van der Waals surface area contributed by atoms with Crippen molar-refractivity contribution in [3.8, 4) is 0 Å². The van der Waals surface area contributed by atoms with Gasteiger partial charge in [0.1, 0.15) is 6.10 Å². The minimum atomic E-state index is -0.805. The number of rotatable bonds is 15. The van der Waals surface area contributed by atoms with Gasteiger partial charge in [-0.05, 0) is 38.0 Å². The number of hydrogen-bond donors (Lipinski definition) is 1. The van der Waals surface area contributed by atoms with Crippen LogP contribution in [-0.4, -0.2) is 23.1 Å². The van der Waals surface area contributed by atoms with E-state index in [0.29, 0.717) is 18.8 Å². The number of unbranched alkanes of at least 4 members (excludes halogenated alkanes) is 2. The van der Waals surface area contributed by atoms with E-state index in [1.807, 2.05) is 6.92 Å². The molecule has 142 valence electrons. The molecule has 4 nitrogen and oxygen atoms in total. The number of ether oxygens (including phenoxy) is 1. The molecular formula is C20H38O4. The molecule has 0 rings (SSSR count). The van der Waals surface area contributed by atoms with Gasteiger partial charge in [0.05, 0.1) is 5.92 Å². The number of carbonyl (C=O) groups excluding carboxylic acids is 1. The van der Waals surface area contributed by atoms with Crippen LogP contribution in [0.3, 0.4) is 0 Å². The van der Waals surface area contributed by atoms with E-state index in [1.165, 1.54) is 12.8 Å². The van der Waals surface area contributed by atoms with Crippen molar-refractivity contribution in [3.05, 3.63) is 0 Å². The van der Waals surface area contributed by atoms with Crippen LogP contribution in [-0.2, 0) is 14.3 Å². The number of carbonyl (C=O) groups is 2. The van der Waals surface area contributed by atoms with Crippen molar-refractivity contribution in [3.63, 3.8) is 0 Å². The largest absolute Gasteiger partial charge is 0.481 e. The number of carboxylic acid groups (broad SMARTS) is 1. The molecule has 0 aromatic carbocycles. The standard InChI is InChI=1S/C20H38O4/c1-5-7-12-18(13-9-8-11-16(3)4)24-19(21)15-14-17(10-6-2)20(22)23/h16-18H,5-15H2,1-4H3,(H,22,23). The van der Waals surface area contributed by atoms with Gasteiger partial charge in [-0.1, -0.05) is 59.8 Å². The van der Waals surface area contributed by atoms with Crippen molar-refractivity contribution in [2.75, 3.05) is 0 Å². The number of aliphatic carboxylic acids is 1. The normalized spacial score (nSPS) is 13.7. The summed E-state index contributed by atoms with van der Waals surface area (Å²) in [5, 5.41) is 9.15. The minimum absolute atomic E-state index is 0.000865. The number of esters is 1. The summed E-state index contributed by atoms with van der Waals surface area (Å²) < 4.78 is 5.64. The van der Waals surface area contributed by atoms with Crippen LogP contribution in [0.1, 0.15) is 98.3 Å². The molecule has 0 saturated heterocycles. The summed E-state index contributed by atoms with van der Waals surface area (Å²) in [6, 6.07) is 0. The van der Waals surface area contributed by atoms with Crippen LogP contribution in [0.2, 0.25) is 0 Å². The second-order valence-electron chi connectivity index (χ2n) is 7.29. The van der Waals surface area contributed by atoms with E-state index in [9.17, 15) is 9.59 Å². The molecule has 0 aliphatic heterocycles. The first kappa shape index (κ1) is 22.9. The third-order valence-electron chi connectivity index (χ3n) is 4.42. The summed E-state index contributed by atoms with van der Waals surface area (Å²) in [4.78, 5) is 23.2. The highest BCUT2D eigenvalue weighted by Crippen LogP contribution is 2.18. The Morgan fingerprint density at radius 1 is 0.875 bits per heavy atom. The number of carboxylic acids is 1. The zero-order chi connectivity index (χ0) is 18.4. The van der Waals surface area contributed by atoms with Gasteiger partial charge in [-0.25, -0.2) is 0 Å². The molecule has 0 spiro atoms. The molecule has 0 heterocycles. The molecule has 0 amide bonds. The topological polar surface area (TPSA) is 63.6 Å². The van der Waals surface area contributed by atoms with Crippen molar-refractivity contribution in [2.45, 2.75) is 104 Å². The summed E-state index contributed by atoms with van der Waals surface area (Å²) in [5.41, 5.74) is 0. The van der Waals surface area contributed by atoms with Crippen LogP contribution in [0, 0.1) is 11.8 Å². The van der Waals surface area contributed by atoms with Gasteiger partial charge in [-0.15, -0.1) is 0 Å². The maximum Gasteiger partial charge on any atom is 0.306 e. The molecule has 0 aromatic rings. The van der Waals surface area contributed by atoms with Crippen LogP contribution >= 0.6 is 0 Å². The number of hydrogen-bond acceptors (Lipinski definition) is 3. The fraction of sp³-hybridized carbons (Fsp3) is 0.900. The summed E-state index contributed by atoms with van der Waals surface area (Å²) in [7, 11) is 0. The SMILES string of the molecule is CCCCC(CCCCC(C)C)OC(=O)CCC(CCC)C(=O)O. The third-order valence-corrected chi connectivity index (χ3v) is 4.42. The predicted molar refractivity (Wildman–Crippen MR) is 98.0 cm³/mol. The van der Waals surface area contributed by atoms with E-state index < -0.39 is 11.9 Å². The van der Waals surface area contributed by atoms with Gasteiger partial charge in [0.2, 0.25) is 0 Å². The lowest BCUT2D eigenvalue weighted by Gasteiger charge is -2.19. The first-order valence-corrected chi connectivity index (χ1v) is 9.82. The zero-order valence-corrected chi connectivity index (χ0v) is 16.2. The summed E-state index contributed by atoms with van der Waals surface area (Å²) in [6.45, 7) is 8.56. The fourth-order valence-corrected chi connectivity index (χ4v) is 2.90. The molecule has 24 heavy (non-hydrogen) atoms. The van der Waals surface area contributed by atoms with Gasteiger partial charge in [0.25, 0.3) is 0 Å². The first-order valence-electron chi connectivity index (χ1n) is 9.82. The maximum atomic E-state index is 12.1. The van der Waals surface area contributed by atoms with Gasteiger partial charge in [0, 0.05) is 6.42 Å². The summed E-state index contributed by atoms with van der Waals surface area (Å²) >= 11 is 0. The van der Waals surface area contributed by atoms with Crippen molar-refractivity contribution in [2.24, 2.45) is 11.8 Å². The Labute approximate surface area is 148 Å². The van der Waals surface area contributed by atoms with Crippen molar-refractivity contribution >= 4 is 11.9 Å². The molecule has 0 saturated carbocycles. The van der Waals surface area contributed by atoms with E-state index in [4.69, 9.17) is 9.84 Å².